The van der Waals surface area contributed by atoms with Crippen molar-refractivity contribution in [2.45, 2.75) is 32.0 Å². The summed E-state index contributed by atoms with van der Waals surface area (Å²) in [6, 6.07) is 17.6. The molecule has 27 heavy (non-hydrogen) atoms. The van der Waals surface area contributed by atoms with Crippen LogP contribution in [0.3, 0.4) is 0 Å². The van der Waals surface area contributed by atoms with E-state index in [1.54, 1.807) is 4.90 Å². The maximum Gasteiger partial charge on any atom is 0.410 e. The summed E-state index contributed by atoms with van der Waals surface area (Å²) in [6.45, 7) is 2.10. The molecule has 3 amide bonds. The van der Waals surface area contributed by atoms with Crippen LogP contribution in [0.1, 0.15) is 24.0 Å². The van der Waals surface area contributed by atoms with E-state index >= 15 is 0 Å². The molecule has 6 heteroatoms. The summed E-state index contributed by atoms with van der Waals surface area (Å²) in [6.07, 6.45) is 1.23. The molecule has 2 aromatic rings. The monoisotopic (exact) mass is 365 g/mol. The minimum atomic E-state index is -0.286. The van der Waals surface area contributed by atoms with Crippen molar-refractivity contribution in [3.8, 4) is 0 Å². The van der Waals surface area contributed by atoms with Gasteiger partial charge in [-0.2, -0.15) is 0 Å². The molecule has 1 fully saturated rings. The molecule has 0 aliphatic carbocycles. The zero-order valence-electron chi connectivity index (χ0n) is 15.1. The zero-order valence-corrected chi connectivity index (χ0v) is 15.1. The van der Waals surface area contributed by atoms with E-state index in [9.17, 15) is 9.59 Å². The maximum atomic E-state index is 12.4. The van der Waals surface area contributed by atoms with Crippen molar-refractivity contribution in [2.75, 3.05) is 18.4 Å². The molecule has 0 spiro atoms. The van der Waals surface area contributed by atoms with E-state index in [4.69, 9.17) is 4.74 Å². The molecule has 4 rings (SSSR count). The predicted octanol–water partition coefficient (Wildman–Crippen LogP) is 3.84. The SMILES string of the molecule is O=C(OCc1ccccc1)N1CCC(N2Cc3ccccc3NC2=O)CC1. The lowest BCUT2D eigenvalue weighted by Crippen LogP contribution is -2.51. The van der Waals surface area contributed by atoms with Crippen LogP contribution in [0, 0.1) is 0 Å². The summed E-state index contributed by atoms with van der Waals surface area (Å²) in [5, 5.41) is 2.96. The van der Waals surface area contributed by atoms with Gasteiger partial charge in [-0.15, -0.1) is 0 Å². The third-order valence-corrected chi connectivity index (χ3v) is 5.23. The van der Waals surface area contributed by atoms with Crippen LogP contribution in [0.15, 0.2) is 54.6 Å². The van der Waals surface area contributed by atoms with Gasteiger partial charge in [0.2, 0.25) is 0 Å². The topological polar surface area (TPSA) is 61.9 Å². The molecule has 0 unspecified atom stereocenters. The lowest BCUT2D eigenvalue weighted by atomic mass is 10.0. The van der Waals surface area contributed by atoms with Crippen LogP contribution in [-0.2, 0) is 17.9 Å². The van der Waals surface area contributed by atoms with Crippen molar-refractivity contribution in [3.63, 3.8) is 0 Å². The number of carbonyl (C=O) groups is 2. The molecule has 2 aromatic carbocycles. The molecule has 140 valence electrons. The van der Waals surface area contributed by atoms with Gasteiger partial charge >= 0.3 is 12.1 Å². The summed E-state index contributed by atoms with van der Waals surface area (Å²) in [7, 11) is 0. The summed E-state index contributed by atoms with van der Waals surface area (Å²) < 4.78 is 5.41. The first-order chi connectivity index (χ1) is 13.2. The highest BCUT2D eigenvalue weighted by Gasteiger charge is 2.32. The number of para-hydroxylation sites is 1. The van der Waals surface area contributed by atoms with E-state index in [0.29, 0.717) is 19.6 Å². The fourth-order valence-corrected chi connectivity index (χ4v) is 3.69. The molecule has 0 saturated carbocycles. The van der Waals surface area contributed by atoms with Crippen LogP contribution in [0.25, 0.3) is 0 Å². The number of likely N-dealkylation sites (tertiary alicyclic amines) is 1. The zero-order chi connectivity index (χ0) is 18.6. The third kappa shape index (κ3) is 3.89. The Bertz CT molecular complexity index is 816. The number of rotatable bonds is 3. The molecule has 1 N–H and O–H groups in total. The van der Waals surface area contributed by atoms with Crippen molar-refractivity contribution < 1.29 is 14.3 Å². The number of carbonyl (C=O) groups excluding carboxylic acids is 2. The summed E-state index contributed by atoms with van der Waals surface area (Å²) in [5.74, 6) is 0. The van der Waals surface area contributed by atoms with Crippen LogP contribution in [0.4, 0.5) is 15.3 Å². The van der Waals surface area contributed by atoms with Gasteiger partial charge in [0.1, 0.15) is 6.61 Å². The van der Waals surface area contributed by atoms with E-state index < -0.39 is 0 Å². The minimum absolute atomic E-state index is 0.0567. The molecule has 2 heterocycles. The quantitative estimate of drug-likeness (QED) is 0.899. The molecule has 1 saturated heterocycles. The lowest BCUT2D eigenvalue weighted by Gasteiger charge is -2.40. The molecule has 0 atom stereocenters. The summed E-state index contributed by atoms with van der Waals surface area (Å²) in [4.78, 5) is 28.3. The number of hydrogen-bond acceptors (Lipinski definition) is 3. The normalized spacial score (nSPS) is 17.3. The van der Waals surface area contributed by atoms with Crippen molar-refractivity contribution in [2.24, 2.45) is 0 Å². The molecule has 2 aliphatic heterocycles. The second-order valence-electron chi connectivity index (χ2n) is 6.97. The molecule has 2 aliphatic rings. The van der Waals surface area contributed by atoms with Crippen LogP contribution < -0.4 is 5.32 Å². The summed E-state index contributed by atoms with van der Waals surface area (Å²) in [5.41, 5.74) is 2.99. The first-order valence-corrected chi connectivity index (χ1v) is 9.32. The van der Waals surface area contributed by atoms with Gasteiger partial charge in [0.05, 0.1) is 0 Å². The number of amides is 3. The number of piperidine rings is 1. The Hall–Kier alpha value is -3.02. The van der Waals surface area contributed by atoms with Gasteiger partial charge in [0.25, 0.3) is 0 Å². The number of benzene rings is 2. The fraction of sp³-hybridized carbons (Fsp3) is 0.333. The molecule has 0 radical (unpaired) electrons. The average molecular weight is 365 g/mol. The van der Waals surface area contributed by atoms with Gasteiger partial charge in [-0.3, -0.25) is 0 Å². The Morgan fingerprint density at radius 2 is 1.74 bits per heavy atom. The number of ether oxygens (including phenoxy) is 1. The predicted molar refractivity (Wildman–Crippen MR) is 102 cm³/mol. The van der Waals surface area contributed by atoms with Crippen molar-refractivity contribution in [1.82, 2.24) is 9.80 Å². The Labute approximate surface area is 158 Å². The highest BCUT2D eigenvalue weighted by atomic mass is 16.6. The molecule has 0 bridgehead atoms. The largest absolute Gasteiger partial charge is 0.445 e. The smallest absolute Gasteiger partial charge is 0.410 e. The first-order valence-electron chi connectivity index (χ1n) is 9.32. The average Bonchev–Trinajstić information content (AvgIpc) is 2.72. The van der Waals surface area contributed by atoms with E-state index in [2.05, 4.69) is 5.32 Å². The van der Waals surface area contributed by atoms with Gasteiger partial charge in [-0.25, -0.2) is 9.59 Å². The number of urea groups is 1. The van der Waals surface area contributed by atoms with E-state index in [1.807, 2.05) is 59.5 Å². The fourth-order valence-electron chi connectivity index (χ4n) is 3.69. The first kappa shape index (κ1) is 17.4. The van der Waals surface area contributed by atoms with Crippen LogP contribution >= 0.6 is 0 Å². The second kappa shape index (κ2) is 7.70. The van der Waals surface area contributed by atoms with E-state index in [-0.39, 0.29) is 24.8 Å². The van der Waals surface area contributed by atoms with Crippen molar-refractivity contribution in [1.29, 1.82) is 0 Å². The van der Waals surface area contributed by atoms with Crippen LogP contribution in [0.2, 0.25) is 0 Å². The lowest BCUT2D eigenvalue weighted by molar-refractivity contribution is 0.0736. The number of nitrogens with zero attached hydrogens (tertiary/aromatic N) is 2. The van der Waals surface area contributed by atoms with Gasteiger partial charge in [0.15, 0.2) is 0 Å². The minimum Gasteiger partial charge on any atom is -0.445 e. The standard InChI is InChI=1S/C21H23N3O3/c25-20-22-19-9-5-4-8-17(19)14-24(20)18-10-12-23(13-11-18)21(26)27-15-16-6-2-1-3-7-16/h1-9,18H,10-15H2,(H,22,25). The summed E-state index contributed by atoms with van der Waals surface area (Å²) >= 11 is 0. The number of hydrogen-bond donors (Lipinski definition) is 1. The van der Waals surface area contributed by atoms with Crippen molar-refractivity contribution in [3.05, 3.63) is 65.7 Å². The Kier molecular flexibility index (Phi) is 4.96. The Morgan fingerprint density at radius 3 is 2.52 bits per heavy atom. The molecular formula is C21H23N3O3. The Balaban J connectivity index is 1.30. The van der Waals surface area contributed by atoms with Gasteiger partial charge in [0, 0.05) is 31.4 Å². The second-order valence-corrected chi connectivity index (χ2v) is 6.97. The highest BCUT2D eigenvalue weighted by molar-refractivity contribution is 5.92. The molecule has 6 nitrogen and oxygen atoms in total. The molecular weight excluding hydrogens is 342 g/mol. The van der Waals surface area contributed by atoms with E-state index in [1.165, 1.54) is 0 Å². The van der Waals surface area contributed by atoms with Gasteiger partial charge in [-0.1, -0.05) is 48.5 Å². The number of anilines is 1. The third-order valence-electron chi connectivity index (χ3n) is 5.23. The van der Waals surface area contributed by atoms with Gasteiger partial charge in [-0.05, 0) is 30.0 Å². The molecule has 0 aromatic heterocycles. The number of nitrogens with one attached hydrogen (secondary N) is 1. The van der Waals surface area contributed by atoms with Crippen LogP contribution in [0.5, 0.6) is 0 Å². The van der Waals surface area contributed by atoms with E-state index in [0.717, 1.165) is 29.7 Å². The number of fused-ring (bicyclic) bond motifs is 1. The Morgan fingerprint density at radius 1 is 1.04 bits per heavy atom. The maximum absolute atomic E-state index is 12.4. The van der Waals surface area contributed by atoms with Crippen molar-refractivity contribution >= 4 is 17.8 Å². The van der Waals surface area contributed by atoms with Crippen LogP contribution in [-0.4, -0.2) is 41.1 Å². The highest BCUT2D eigenvalue weighted by Crippen LogP contribution is 2.27. The van der Waals surface area contributed by atoms with Gasteiger partial charge < -0.3 is 19.9 Å².